The van der Waals surface area contributed by atoms with Crippen molar-refractivity contribution in [1.82, 2.24) is 0 Å². The zero-order valence-electron chi connectivity index (χ0n) is 21.8. The largest absolute Gasteiger partial charge is 0.416 e. The zero-order chi connectivity index (χ0) is 26.7. The van der Waals surface area contributed by atoms with Crippen LogP contribution in [0.1, 0.15) is 68.2 Å². The zero-order valence-corrected chi connectivity index (χ0v) is 22.7. The molecule has 0 aromatic heterocycles. The summed E-state index contributed by atoms with van der Waals surface area (Å²) >= 11 is 3.53. The number of alkyl halides is 3. The van der Waals surface area contributed by atoms with Gasteiger partial charge in [0.25, 0.3) is 0 Å². The maximum Gasteiger partial charge on any atom is 0.416 e. The molecule has 0 aliphatic carbocycles. The van der Waals surface area contributed by atoms with Crippen LogP contribution in [0.4, 0.5) is 13.2 Å². The van der Waals surface area contributed by atoms with Gasteiger partial charge in [0.1, 0.15) is 0 Å². The summed E-state index contributed by atoms with van der Waals surface area (Å²) in [6, 6.07) is 26.4. The normalized spacial score (nSPS) is 10.9. The van der Waals surface area contributed by atoms with Crippen LogP contribution in [-0.4, -0.2) is 6.26 Å². The van der Waals surface area contributed by atoms with Gasteiger partial charge in [-0.2, -0.15) is 25.8 Å². The molecular formula is C31H41F3S. The van der Waals surface area contributed by atoms with Crippen molar-refractivity contribution in [2.45, 2.75) is 65.5 Å². The van der Waals surface area contributed by atoms with Crippen molar-refractivity contribution in [2.24, 2.45) is 0 Å². The van der Waals surface area contributed by atoms with Crippen molar-refractivity contribution in [3.05, 3.63) is 119 Å². The Morgan fingerprint density at radius 3 is 1.80 bits per heavy atom. The highest BCUT2D eigenvalue weighted by Crippen LogP contribution is 2.33. The summed E-state index contributed by atoms with van der Waals surface area (Å²) in [6.45, 7) is 12.0. The predicted molar refractivity (Wildman–Crippen MR) is 150 cm³/mol. The minimum absolute atomic E-state index is 0.120. The van der Waals surface area contributed by atoms with E-state index in [1.54, 1.807) is 12.3 Å². The minimum Gasteiger partial charge on any atom is -0.183 e. The summed E-state index contributed by atoms with van der Waals surface area (Å²) in [5.74, 6) is 0.120. The summed E-state index contributed by atoms with van der Waals surface area (Å²) < 4.78 is 37.7. The fourth-order valence-electron chi connectivity index (χ4n) is 3.36. The number of thiol groups is 1. The Morgan fingerprint density at radius 2 is 1.40 bits per heavy atom. The third kappa shape index (κ3) is 15.2. The first-order valence-electron chi connectivity index (χ1n) is 12.0. The van der Waals surface area contributed by atoms with Crippen LogP contribution in [0, 0.1) is 6.92 Å². The van der Waals surface area contributed by atoms with Gasteiger partial charge >= 0.3 is 6.18 Å². The number of rotatable bonds is 6. The first-order chi connectivity index (χ1) is 16.7. The molecule has 0 radical (unpaired) electrons. The van der Waals surface area contributed by atoms with Crippen LogP contribution in [0.25, 0.3) is 0 Å². The maximum atomic E-state index is 12.6. The summed E-state index contributed by atoms with van der Waals surface area (Å²) in [4.78, 5) is 0. The monoisotopic (exact) mass is 502 g/mol. The van der Waals surface area contributed by atoms with Crippen molar-refractivity contribution in [3.63, 3.8) is 0 Å². The lowest BCUT2D eigenvalue weighted by Crippen LogP contribution is -2.07. The highest BCUT2D eigenvalue weighted by atomic mass is 32.1. The van der Waals surface area contributed by atoms with E-state index in [0.29, 0.717) is 0 Å². The molecule has 0 heterocycles. The number of aryl methyl sites for hydroxylation is 2. The van der Waals surface area contributed by atoms with Crippen molar-refractivity contribution >= 4 is 12.6 Å². The van der Waals surface area contributed by atoms with E-state index in [4.69, 9.17) is 0 Å². The van der Waals surface area contributed by atoms with E-state index in [0.717, 1.165) is 30.0 Å². The van der Waals surface area contributed by atoms with E-state index in [9.17, 15) is 13.2 Å². The van der Waals surface area contributed by atoms with E-state index in [1.165, 1.54) is 36.1 Å². The molecule has 0 saturated carbocycles. The Balaban J connectivity index is 0.000000534. The van der Waals surface area contributed by atoms with E-state index >= 15 is 0 Å². The van der Waals surface area contributed by atoms with Crippen molar-refractivity contribution in [2.75, 3.05) is 6.26 Å². The summed E-state index contributed by atoms with van der Waals surface area (Å²) in [6.07, 6.45) is 1.42. The molecular weight excluding hydrogens is 461 g/mol. The Bertz CT molecular complexity index is 919. The molecule has 192 valence electrons. The summed E-state index contributed by atoms with van der Waals surface area (Å²) in [5.41, 5.74) is 3.93. The molecule has 0 saturated heterocycles. The average Bonchev–Trinajstić information content (AvgIpc) is 2.85. The van der Waals surface area contributed by atoms with E-state index in [2.05, 4.69) is 75.5 Å². The molecule has 0 N–H and O–H groups in total. The third-order valence-corrected chi connectivity index (χ3v) is 5.09. The van der Waals surface area contributed by atoms with Gasteiger partial charge in [-0.05, 0) is 62.5 Å². The predicted octanol–water partition coefficient (Wildman–Crippen LogP) is 10.3. The highest BCUT2D eigenvalue weighted by Gasteiger charge is 2.30. The average molecular weight is 503 g/mol. The van der Waals surface area contributed by atoms with E-state index < -0.39 is 11.7 Å². The molecule has 35 heavy (non-hydrogen) atoms. The molecule has 0 bridgehead atoms. The third-order valence-electron chi connectivity index (χ3n) is 5.09. The Kier molecular flexibility index (Phi) is 17.5. The standard InChI is InChI=1S/C14H17F3.C9H12.C7H8.CH4S/c1-4-11(8-10(2)3)12-6-5-7-13(9-12)14(15,16)17;1-2-6-9-7-4-3-5-8-9;1-7-5-3-2-4-6-7;1-2/h5-7,9,11H,2,4,8H2,1,3H3;3-5,7-8H,2,6H2,1H3;2-6H,1H3;2H,1H3. The second-order valence-electron chi connectivity index (χ2n) is 8.28. The lowest BCUT2D eigenvalue weighted by Gasteiger charge is -2.17. The number of allylic oxidation sites excluding steroid dienone is 1. The van der Waals surface area contributed by atoms with Crippen LogP contribution in [0.3, 0.4) is 0 Å². The number of hydrogen-bond acceptors (Lipinski definition) is 1. The Hall–Kier alpha value is -2.46. The highest BCUT2D eigenvalue weighted by molar-refractivity contribution is 7.79. The van der Waals surface area contributed by atoms with Gasteiger partial charge in [0.05, 0.1) is 5.56 Å². The molecule has 3 aromatic carbocycles. The molecule has 0 amide bonds. The number of halogens is 3. The van der Waals surface area contributed by atoms with Gasteiger partial charge in [-0.3, -0.25) is 0 Å². The maximum absolute atomic E-state index is 12.6. The van der Waals surface area contributed by atoms with Crippen LogP contribution in [0.15, 0.2) is 97.1 Å². The van der Waals surface area contributed by atoms with Gasteiger partial charge in [0, 0.05) is 0 Å². The van der Waals surface area contributed by atoms with Gasteiger partial charge in [0.15, 0.2) is 0 Å². The van der Waals surface area contributed by atoms with Gasteiger partial charge in [0.2, 0.25) is 0 Å². The van der Waals surface area contributed by atoms with Crippen LogP contribution < -0.4 is 0 Å². The quantitative estimate of drug-likeness (QED) is 0.251. The molecule has 3 aromatic rings. The Labute approximate surface area is 216 Å². The van der Waals surface area contributed by atoms with Crippen LogP contribution in [0.5, 0.6) is 0 Å². The van der Waals surface area contributed by atoms with E-state index in [-0.39, 0.29) is 5.92 Å². The van der Waals surface area contributed by atoms with Crippen LogP contribution in [-0.2, 0) is 12.6 Å². The van der Waals surface area contributed by atoms with Crippen molar-refractivity contribution in [3.8, 4) is 0 Å². The number of benzene rings is 3. The van der Waals surface area contributed by atoms with E-state index in [1.807, 2.05) is 32.0 Å². The number of hydrogen-bond donors (Lipinski definition) is 1. The molecule has 0 spiro atoms. The molecule has 1 atom stereocenters. The van der Waals surface area contributed by atoms with Crippen molar-refractivity contribution in [1.29, 1.82) is 0 Å². The Morgan fingerprint density at radius 1 is 0.857 bits per heavy atom. The second-order valence-corrected chi connectivity index (χ2v) is 8.28. The molecule has 0 aliphatic heterocycles. The van der Waals surface area contributed by atoms with Gasteiger partial charge in [-0.25, -0.2) is 0 Å². The second kappa shape index (κ2) is 18.8. The lowest BCUT2D eigenvalue weighted by atomic mass is 9.89. The SMILES string of the molecule is C=C(C)CC(CC)c1cccc(C(F)(F)F)c1.CCCc1ccccc1.CS.Cc1ccccc1. The first-order valence-corrected chi connectivity index (χ1v) is 12.9. The lowest BCUT2D eigenvalue weighted by molar-refractivity contribution is -0.137. The van der Waals surface area contributed by atoms with Crippen molar-refractivity contribution < 1.29 is 13.2 Å². The molecule has 4 heteroatoms. The molecule has 1 unspecified atom stereocenters. The molecule has 3 rings (SSSR count). The van der Waals surface area contributed by atoms with Crippen LogP contribution >= 0.6 is 12.6 Å². The minimum atomic E-state index is -4.27. The van der Waals surface area contributed by atoms with Crippen LogP contribution in [0.2, 0.25) is 0 Å². The fraction of sp³-hybridized carbons (Fsp3) is 0.355. The smallest absolute Gasteiger partial charge is 0.183 e. The van der Waals surface area contributed by atoms with Gasteiger partial charge in [-0.1, -0.05) is 110 Å². The summed E-state index contributed by atoms with van der Waals surface area (Å²) in [5, 5.41) is 0. The molecule has 0 aliphatic rings. The molecule has 0 fully saturated rings. The first kappa shape index (κ1) is 32.5. The summed E-state index contributed by atoms with van der Waals surface area (Å²) in [7, 11) is 0. The van der Waals surface area contributed by atoms with Gasteiger partial charge in [-0.15, -0.1) is 6.58 Å². The fourth-order valence-corrected chi connectivity index (χ4v) is 3.36. The van der Waals surface area contributed by atoms with Gasteiger partial charge < -0.3 is 0 Å². The molecule has 0 nitrogen and oxygen atoms in total. The topological polar surface area (TPSA) is 0 Å².